The van der Waals surface area contributed by atoms with E-state index in [1.165, 1.54) is 4.90 Å². The molecular formula is C22H19F5N4O. The van der Waals surface area contributed by atoms with E-state index < -0.39 is 35.0 Å². The van der Waals surface area contributed by atoms with Crippen molar-refractivity contribution >= 4 is 5.91 Å². The molecule has 0 spiro atoms. The Labute approximate surface area is 180 Å². The fraction of sp³-hybridized carbons (Fsp3) is 0.273. The quantitative estimate of drug-likeness (QED) is 0.562. The van der Waals surface area contributed by atoms with Gasteiger partial charge in [0.05, 0.1) is 17.4 Å². The number of amides is 1. The molecule has 1 aliphatic rings. The summed E-state index contributed by atoms with van der Waals surface area (Å²) in [5.41, 5.74) is -1.17. The van der Waals surface area contributed by atoms with Crippen LogP contribution in [-0.2, 0) is 12.7 Å². The van der Waals surface area contributed by atoms with E-state index in [9.17, 15) is 26.7 Å². The predicted molar refractivity (Wildman–Crippen MR) is 106 cm³/mol. The highest BCUT2D eigenvalue weighted by Gasteiger charge is 2.41. The maximum atomic E-state index is 13.8. The molecule has 5 nitrogen and oxygen atoms in total. The lowest BCUT2D eigenvalue weighted by Gasteiger charge is -2.34. The van der Waals surface area contributed by atoms with E-state index in [0.29, 0.717) is 36.4 Å². The van der Waals surface area contributed by atoms with Crippen LogP contribution in [0.25, 0.3) is 5.69 Å². The highest BCUT2D eigenvalue weighted by molar-refractivity contribution is 5.95. The van der Waals surface area contributed by atoms with Gasteiger partial charge in [-0.05, 0) is 17.7 Å². The first-order chi connectivity index (χ1) is 15.2. The molecule has 1 saturated heterocycles. The summed E-state index contributed by atoms with van der Waals surface area (Å²) >= 11 is 0. The Morgan fingerprint density at radius 2 is 1.62 bits per heavy atom. The van der Waals surface area contributed by atoms with Crippen LogP contribution in [0.15, 0.2) is 54.7 Å². The molecule has 4 rings (SSSR count). The summed E-state index contributed by atoms with van der Waals surface area (Å²) in [5.74, 6) is -3.31. The maximum Gasteiger partial charge on any atom is 0.434 e. The SMILES string of the molecule is O=C(c1cnn(-c2ccc(F)c(F)c2)c1C(F)(F)F)N1CCN(Cc2ccccc2)CC1. The summed E-state index contributed by atoms with van der Waals surface area (Å²) in [5, 5.41) is 3.66. The summed E-state index contributed by atoms with van der Waals surface area (Å²) in [7, 11) is 0. The Hall–Kier alpha value is -3.27. The van der Waals surface area contributed by atoms with Crippen LogP contribution in [0.4, 0.5) is 22.0 Å². The lowest BCUT2D eigenvalue weighted by Crippen LogP contribution is -2.48. The molecule has 32 heavy (non-hydrogen) atoms. The Morgan fingerprint density at radius 3 is 2.25 bits per heavy atom. The van der Waals surface area contributed by atoms with Crippen LogP contribution in [-0.4, -0.2) is 51.7 Å². The number of carbonyl (C=O) groups excluding carboxylic acids is 1. The number of hydrogen-bond donors (Lipinski definition) is 0. The summed E-state index contributed by atoms with van der Waals surface area (Å²) in [6, 6.07) is 12.0. The number of nitrogens with zero attached hydrogens (tertiary/aromatic N) is 4. The standard InChI is InChI=1S/C22H19F5N4O/c23-18-7-6-16(12-19(18)24)31-20(22(25,26)27)17(13-28-31)21(32)30-10-8-29(9-11-30)14-15-4-2-1-3-5-15/h1-7,12-13H,8-11,14H2. The largest absolute Gasteiger partial charge is 0.434 e. The molecule has 0 bridgehead atoms. The minimum atomic E-state index is -4.93. The van der Waals surface area contributed by atoms with Crippen molar-refractivity contribution < 1.29 is 26.7 Å². The molecule has 0 unspecified atom stereocenters. The number of rotatable bonds is 4. The average molecular weight is 450 g/mol. The van der Waals surface area contributed by atoms with E-state index >= 15 is 0 Å². The number of halogens is 5. The first-order valence-corrected chi connectivity index (χ1v) is 9.90. The maximum absolute atomic E-state index is 13.8. The van der Waals surface area contributed by atoms with Crippen LogP contribution in [0, 0.1) is 11.6 Å². The van der Waals surface area contributed by atoms with Gasteiger partial charge in [0.15, 0.2) is 17.3 Å². The highest BCUT2D eigenvalue weighted by Crippen LogP contribution is 2.34. The van der Waals surface area contributed by atoms with E-state index in [-0.39, 0.29) is 18.8 Å². The van der Waals surface area contributed by atoms with Gasteiger partial charge in [-0.2, -0.15) is 18.3 Å². The Bertz CT molecular complexity index is 1110. The van der Waals surface area contributed by atoms with Gasteiger partial charge in [-0.3, -0.25) is 9.69 Å². The molecule has 0 atom stereocenters. The number of carbonyl (C=O) groups is 1. The topological polar surface area (TPSA) is 41.4 Å². The zero-order valence-electron chi connectivity index (χ0n) is 16.8. The van der Waals surface area contributed by atoms with Crippen molar-refractivity contribution in [1.82, 2.24) is 19.6 Å². The van der Waals surface area contributed by atoms with Gasteiger partial charge < -0.3 is 4.90 Å². The molecule has 0 aliphatic carbocycles. The van der Waals surface area contributed by atoms with Crippen molar-refractivity contribution in [3.63, 3.8) is 0 Å². The highest BCUT2D eigenvalue weighted by atomic mass is 19.4. The van der Waals surface area contributed by atoms with E-state index in [0.717, 1.165) is 17.8 Å². The molecule has 10 heteroatoms. The van der Waals surface area contributed by atoms with Crippen molar-refractivity contribution in [2.24, 2.45) is 0 Å². The van der Waals surface area contributed by atoms with Crippen molar-refractivity contribution in [2.45, 2.75) is 12.7 Å². The van der Waals surface area contributed by atoms with Gasteiger partial charge in [0.25, 0.3) is 5.91 Å². The van der Waals surface area contributed by atoms with Crippen LogP contribution in [0.5, 0.6) is 0 Å². The van der Waals surface area contributed by atoms with Crippen molar-refractivity contribution in [1.29, 1.82) is 0 Å². The van der Waals surface area contributed by atoms with Crippen molar-refractivity contribution in [3.8, 4) is 5.69 Å². The molecule has 1 amide bonds. The van der Waals surface area contributed by atoms with Gasteiger partial charge in [0.1, 0.15) is 0 Å². The zero-order valence-corrected chi connectivity index (χ0v) is 16.8. The van der Waals surface area contributed by atoms with Crippen LogP contribution in [0.1, 0.15) is 21.6 Å². The molecule has 0 N–H and O–H groups in total. The molecule has 2 heterocycles. The predicted octanol–water partition coefficient (Wildman–Crippen LogP) is 4.13. The van der Waals surface area contributed by atoms with E-state index in [4.69, 9.17) is 0 Å². The van der Waals surface area contributed by atoms with Gasteiger partial charge >= 0.3 is 6.18 Å². The van der Waals surface area contributed by atoms with E-state index in [2.05, 4.69) is 10.00 Å². The first kappa shape index (κ1) is 21.9. The molecule has 168 valence electrons. The number of alkyl halides is 3. The monoisotopic (exact) mass is 450 g/mol. The Balaban J connectivity index is 1.54. The second-order valence-electron chi connectivity index (χ2n) is 7.47. The van der Waals surface area contributed by atoms with Crippen LogP contribution >= 0.6 is 0 Å². The Morgan fingerprint density at radius 1 is 0.938 bits per heavy atom. The Kier molecular flexibility index (Phi) is 5.96. The molecule has 1 fully saturated rings. The number of aromatic nitrogens is 2. The van der Waals surface area contributed by atoms with Gasteiger partial charge in [0.2, 0.25) is 0 Å². The third-order valence-corrected chi connectivity index (χ3v) is 5.32. The molecule has 1 aromatic heterocycles. The van der Waals surface area contributed by atoms with E-state index in [1.54, 1.807) is 0 Å². The van der Waals surface area contributed by atoms with E-state index in [1.807, 2.05) is 30.3 Å². The van der Waals surface area contributed by atoms with Gasteiger partial charge in [-0.25, -0.2) is 13.5 Å². The molecule has 1 aliphatic heterocycles. The first-order valence-electron chi connectivity index (χ1n) is 9.90. The molecule has 0 saturated carbocycles. The molecule has 3 aromatic rings. The molecule has 2 aromatic carbocycles. The second kappa shape index (κ2) is 8.70. The lowest BCUT2D eigenvalue weighted by atomic mass is 10.1. The van der Waals surface area contributed by atoms with Gasteiger partial charge in [-0.1, -0.05) is 30.3 Å². The minimum absolute atomic E-state index is 0.263. The van der Waals surface area contributed by atoms with Gasteiger partial charge in [-0.15, -0.1) is 0 Å². The van der Waals surface area contributed by atoms with Crippen molar-refractivity contribution in [3.05, 3.63) is 83.2 Å². The third-order valence-electron chi connectivity index (χ3n) is 5.32. The molecule has 0 radical (unpaired) electrons. The normalized spacial score (nSPS) is 15.2. The average Bonchev–Trinajstić information content (AvgIpc) is 3.22. The summed E-state index contributed by atoms with van der Waals surface area (Å²) in [4.78, 5) is 16.4. The smallest absolute Gasteiger partial charge is 0.336 e. The number of benzene rings is 2. The summed E-state index contributed by atoms with van der Waals surface area (Å²) < 4.78 is 68.7. The zero-order chi connectivity index (χ0) is 22.9. The van der Waals surface area contributed by atoms with Crippen LogP contribution < -0.4 is 0 Å². The fourth-order valence-electron chi connectivity index (χ4n) is 3.71. The summed E-state index contributed by atoms with van der Waals surface area (Å²) in [6.07, 6.45) is -4.11. The summed E-state index contributed by atoms with van der Waals surface area (Å²) in [6.45, 7) is 2.24. The molecular weight excluding hydrogens is 431 g/mol. The number of piperazine rings is 1. The second-order valence-corrected chi connectivity index (χ2v) is 7.47. The fourth-order valence-corrected chi connectivity index (χ4v) is 3.71. The van der Waals surface area contributed by atoms with Crippen molar-refractivity contribution in [2.75, 3.05) is 26.2 Å². The third kappa shape index (κ3) is 4.50. The lowest BCUT2D eigenvalue weighted by molar-refractivity contribution is -0.143. The minimum Gasteiger partial charge on any atom is -0.336 e. The number of hydrogen-bond acceptors (Lipinski definition) is 3. The van der Waals surface area contributed by atoms with Gasteiger partial charge in [0, 0.05) is 38.8 Å². The van der Waals surface area contributed by atoms with Crippen LogP contribution in [0.2, 0.25) is 0 Å². The van der Waals surface area contributed by atoms with Crippen LogP contribution in [0.3, 0.4) is 0 Å².